The normalized spacial score (nSPS) is 18.4. The van der Waals surface area contributed by atoms with E-state index in [4.69, 9.17) is 4.42 Å². The van der Waals surface area contributed by atoms with Crippen LogP contribution in [0.5, 0.6) is 0 Å². The van der Waals surface area contributed by atoms with E-state index in [0.717, 1.165) is 49.7 Å². The summed E-state index contributed by atoms with van der Waals surface area (Å²) >= 11 is 0. The molecule has 29 heavy (non-hydrogen) atoms. The average molecular weight is 393 g/mol. The van der Waals surface area contributed by atoms with Crippen LogP contribution in [0, 0.1) is 6.92 Å². The second kappa shape index (κ2) is 6.30. The highest BCUT2D eigenvalue weighted by Gasteiger charge is 2.30. The standard InChI is InChI=1S/C21H19N3O5/c1-10-13-8-11-4-2-6-24-7-3-5-12(16(11)24)17(13)29-20(27)14(10)9-15-18(25)22-21(28)23-19(15)26/h8-9H,2-7H2,1H3,(H2,22,23,25,26,28). The Kier molecular flexibility index (Phi) is 3.84. The summed E-state index contributed by atoms with van der Waals surface area (Å²) in [7, 11) is 0. The smallest absolute Gasteiger partial charge is 0.343 e. The number of fused-ring (bicyclic) bond motifs is 2. The van der Waals surface area contributed by atoms with Gasteiger partial charge in [0.25, 0.3) is 11.8 Å². The number of hydrogen-bond donors (Lipinski definition) is 2. The van der Waals surface area contributed by atoms with Gasteiger partial charge in [-0.2, -0.15) is 0 Å². The first-order valence-corrected chi connectivity index (χ1v) is 9.69. The number of nitrogens with one attached hydrogen (secondary N) is 2. The largest absolute Gasteiger partial charge is 0.422 e. The lowest BCUT2D eigenvalue weighted by Gasteiger charge is -2.37. The molecule has 3 aliphatic heterocycles. The molecule has 4 heterocycles. The summed E-state index contributed by atoms with van der Waals surface area (Å²) in [5.41, 5.74) is 4.00. The van der Waals surface area contributed by atoms with Crippen molar-refractivity contribution in [3.63, 3.8) is 0 Å². The number of carbonyl (C=O) groups excluding carboxylic acids is 3. The van der Waals surface area contributed by atoms with Crippen molar-refractivity contribution in [2.75, 3.05) is 18.0 Å². The van der Waals surface area contributed by atoms with Gasteiger partial charge >= 0.3 is 11.7 Å². The van der Waals surface area contributed by atoms with Crippen molar-refractivity contribution in [3.05, 3.63) is 44.3 Å². The van der Waals surface area contributed by atoms with Crippen LogP contribution in [-0.2, 0) is 22.4 Å². The Hall–Kier alpha value is -3.42. The zero-order valence-electron chi connectivity index (χ0n) is 15.9. The van der Waals surface area contributed by atoms with Gasteiger partial charge < -0.3 is 9.32 Å². The van der Waals surface area contributed by atoms with E-state index in [1.165, 1.54) is 17.3 Å². The highest BCUT2D eigenvalue weighted by atomic mass is 16.4. The van der Waals surface area contributed by atoms with Crippen LogP contribution in [0.15, 0.2) is 20.9 Å². The molecule has 1 aromatic heterocycles. The molecule has 0 aliphatic carbocycles. The van der Waals surface area contributed by atoms with Crippen LogP contribution in [0.25, 0.3) is 17.0 Å². The third-order valence-corrected chi connectivity index (χ3v) is 5.93. The number of rotatable bonds is 1. The highest BCUT2D eigenvalue weighted by molar-refractivity contribution is 6.31. The van der Waals surface area contributed by atoms with Gasteiger partial charge in [-0.05, 0) is 55.9 Å². The molecule has 2 N–H and O–H groups in total. The van der Waals surface area contributed by atoms with Crippen LogP contribution < -0.4 is 21.2 Å². The molecular weight excluding hydrogens is 374 g/mol. The zero-order chi connectivity index (χ0) is 20.3. The summed E-state index contributed by atoms with van der Waals surface area (Å²) in [5, 5.41) is 4.84. The first-order valence-electron chi connectivity index (χ1n) is 9.69. The van der Waals surface area contributed by atoms with E-state index in [0.29, 0.717) is 11.1 Å². The minimum atomic E-state index is -0.880. The first kappa shape index (κ1) is 17.7. The molecule has 0 unspecified atom stereocenters. The predicted octanol–water partition coefficient (Wildman–Crippen LogP) is 1.55. The molecule has 1 saturated heterocycles. The van der Waals surface area contributed by atoms with Crippen LogP contribution in [0.4, 0.5) is 10.5 Å². The number of hydrogen-bond acceptors (Lipinski definition) is 6. The number of amides is 4. The first-order chi connectivity index (χ1) is 13.9. The summed E-state index contributed by atoms with van der Waals surface area (Å²) in [6, 6.07) is 1.19. The molecule has 2 aromatic rings. The molecule has 4 amide bonds. The van der Waals surface area contributed by atoms with E-state index in [1.807, 2.05) is 10.6 Å². The molecule has 0 spiro atoms. The second-order valence-electron chi connectivity index (χ2n) is 7.66. The maximum atomic E-state index is 12.8. The summed E-state index contributed by atoms with van der Waals surface area (Å²) < 4.78 is 5.72. The number of benzene rings is 1. The number of barbiturate groups is 1. The quantitative estimate of drug-likeness (QED) is 0.432. The Morgan fingerprint density at radius 3 is 2.45 bits per heavy atom. The fourth-order valence-electron chi connectivity index (χ4n) is 4.59. The minimum absolute atomic E-state index is 0.141. The highest BCUT2D eigenvalue weighted by Crippen LogP contribution is 2.40. The van der Waals surface area contributed by atoms with Crippen molar-refractivity contribution < 1.29 is 18.8 Å². The Labute approximate surface area is 165 Å². The SMILES string of the molecule is Cc1c(C=C2C(=O)NC(=O)NC2=O)c(=O)oc2c3c4c(cc12)CCCN4CCC3. The van der Waals surface area contributed by atoms with E-state index >= 15 is 0 Å². The van der Waals surface area contributed by atoms with Gasteiger partial charge in [0.2, 0.25) is 0 Å². The fourth-order valence-corrected chi connectivity index (χ4v) is 4.59. The molecule has 148 valence electrons. The van der Waals surface area contributed by atoms with Crippen molar-refractivity contribution in [1.29, 1.82) is 0 Å². The van der Waals surface area contributed by atoms with Crippen molar-refractivity contribution in [1.82, 2.24) is 10.6 Å². The number of aryl methyl sites for hydroxylation is 3. The molecule has 8 heteroatoms. The van der Waals surface area contributed by atoms with E-state index in [9.17, 15) is 19.2 Å². The zero-order valence-corrected chi connectivity index (χ0v) is 15.9. The Bertz CT molecular complexity index is 1180. The van der Waals surface area contributed by atoms with Crippen LogP contribution >= 0.6 is 0 Å². The number of anilines is 1. The predicted molar refractivity (Wildman–Crippen MR) is 106 cm³/mol. The van der Waals surface area contributed by atoms with E-state index < -0.39 is 23.5 Å². The van der Waals surface area contributed by atoms with Gasteiger partial charge in [-0.25, -0.2) is 9.59 Å². The lowest BCUT2D eigenvalue weighted by Crippen LogP contribution is -2.51. The van der Waals surface area contributed by atoms with Gasteiger partial charge in [0.1, 0.15) is 11.2 Å². The monoisotopic (exact) mass is 393 g/mol. The molecule has 1 fully saturated rings. The molecule has 0 radical (unpaired) electrons. The van der Waals surface area contributed by atoms with E-state index in [2.05, 4.69) is 11.0 Å². The van der Waals surface area contributed by atoms with Crippen molar-refractivity contribution in [3.8, 4) is 0 Å². The van der Waals surface area contributed by atoms with Gasteiger partial charge in [-0.3, -0.25) is 20.2 Å². The Morgan fingerprint density at radius 1 is 1.03 bits per heavy atom. The van der Waals surface area contributed by atoms with Gasteiger partial charge in [-0.15, -0.1) is 0 Å². The number of imide groups is 2. The van der Waals surface area contributed by atoms with Crippen LogP contribution in [0.3, 0.4) is 0 Å². The van der Waals surface area contributed by atoms with Crippen molar-refractivity contribution in [2.24, 2.45) is 0 Å². The second-order valence-corrected chi connectivity index (χ2v) is 7.66. The number of urea groups is 1. The lowest BCUT2D eigenvalue weighted by molar-refractivity contribution is -0.123. The maximum absolute atomic E-state index is 12.8. The topological polar surface area (TPSA) is 109 Å². The molecule has 1 aromatic carbocycles. The third kappa shape index (κ3) is 2.66. The third-order valence-electron chi connectivity index (χ3n) is 5.93. The molecule has 5 rings (SSSR count). The molecule has 0 bridgehead atoms. The fraction of sp³-hybridized carbons (Fsp3) is 0.333. The summed E-state index contributed by atoms with van der Waals surface area (Å²) in [6.07, 6.45) is 5.12. The van der Waals surface area contributed by atoms with Crippen LogP contribution in [0.1, 0.15) is 35.1 Å². The van der Waals surface area contributed by atoms with E-state index in [-0.39, 0.29) is 11.1 Å². The molecule has 0 atom stereocenters. The van der Waals surface area contributed by atoms with Gasteiger partial charge in [-0.1, -0.05) is 0 Å². The molecule has 8 nitrogen and oxygen atoms in total. The van der Waals surface area contributed by atoms with E-state index in [1.54, 1.807) is 6.92 Å². The van der Waals surface area contributed by atoms with Gasteiger partial charge in [0.05, 0.1) is 5.56 Å². The molecular formula is C21H19N3O5. The minimum Gasteiger partial charge on any atom is -0.422 e. The number of carbonyl (C=O) groups is 3. The maximum Gasteiger partial charge on any atom is 0.343 e. The summed E-state index contributed by atoms with van der Waals surface area (Å²) in [5.74, 6) is -1.68. The Balaban J connectivity index is 1.73. The van der Waals surface area contributed by atoms with Crippen LogP contribution in [-0.4, -0.2) is 30.9 Å². The average Bonchev–Trinajstić information content (AvgIpc) is 2.68. The Morgan fingerprint density at radius 2 is 1.72 bits per heavy atom. The number of nitrogens with zero attached hydrogens (tertiary/aromatic N) is 1. The summed E-state index contributed by atoms with van der Waals surface area (Å²) in [6.45, 7) is 3.82. The molecule has 0 saturated carbocycles. The molecule has 3 aliphatic rings. The lowest BCUT2D eigenvalue weighted by atomic mass is 9.88. The van der Waals surface area contributed by atoms with Crippen molar-refractivity contribution >= 4 is 40.6 Å². The van der Waals surface area contributed by atoms with Gasteiger partial charge in [0.15, 0.2) is 0 Å². The summed E-state index contributed by atoms with van der Waals surface area (Å²) in [4.78, 5) is 50.5. The van der Waals surface area contributed by atoms with Crippen molar-refractivity contribution in [2.45, 2.75) is 32.6 Å². The van der Waals surface area contributed by atoms with Gasteiger partial charge in [0, 0.05) is 29.7 Å². The van der Waals surface area contributed by atoms with Crippen LogP contribution in [0.2, 0.25) is 0 Å².